The molecule has 1 aliphatic carbocycles. The second-order valence-corrected chi connectivity index (χ2v) is 8.47. The fraction of sp³-hybridized carbons (Fsp3) is 0.214. The van der Waals surface area contributed by atoms with Crippen molar-refractivity contribution in [2.45, 2.75) is 39.2 Å². The van der Waals surface area contributed by atoms with Crippen LogP contribution in [0.3, 0.4) is 0 Å². The number of hydrogen-bond acceptors (Lipinski definition) is 4. The number of hydrogen-bond donors (Lipinski definition) is 1. The molecule has 1 heterocycles. The van der Waals surface area contributed by atoms with Gasteiger partial charge in [0.05, 0.1) is 0 Å². The minimum Gasteiger partial charge on any atom is -0.441 e. The number of carbonyl (C=O) groups is 1. The Hall–Kier alpha value is -3.86. The van der Waals surface area contributed by atoms with Crippen molar-refractivity contribution in [3.05, 3.63) is 95.2 Å². The number of fused-ring (bicyclic) bond motifs is 1. The Morgan fingerprint density at radius 3 is 2.42 bits per heavy atom. The highest BCUT2D eigenvalue weighted by Gasteiger charge is 2.20. The summed E-state index contributed by atoms with van der Waals surface area (Å²) in [5.74, 6) is 0.511. The molecule has 3 aromatic carbocycles. The lowest BCUT2D eigenvalue weighted by Crippen LogP contribution is -2.16. The number of nitrogens with one attached hydrogen (secondary N) is 1. The van der Waals surface area contributed by atoms with Crippen molar-refractivity contribution in [3.63, 3.8) is 0 Å². The van der Waals surface area contributed by atoms with Gasteiger partial charge in [0.2, 0.25) is 0 Å². The zero-order chi connectivity index (χ0) is 22.8. The van der Waals surface area contributed by atoms with E-state index in [-0.39, 0.29) is 6.10 Å². The fourth-order valence-corrected chi connectivity index (χ4v) is 4.36. The van der Waals surface area contributed by atoms with E-state index in [0.717, 1.165) is 23.1 Å². The summed E-state index contributed by atoms with van der Waals surface area (Å²) in [5.41, 5.74) is 8.17. The van der Waals surface area contributed by atoms with Gasteiger partial charge in [0.15, 0.2) is 5.76 Å². The van der Waals surface area contributed by atoms with E-state index in [1.165, 1.54) is 29.5 Å². The molecule has 0 fully saturated rings. The molecule has 5 nitrogen and oxygen atoms in total. The Labute approximate surface area is 193 Å². The molecular weight excluding hydrogens is 412 g/mol. The van der Waals surface area contributed by atoms with Gasteiger partial charge in [-0.1, -0.05) is 78.0 Å². The first kappa shape index (κ1) is 21.0. The molecule has 4 aromatic rings. The van der Waals surface area contributed by atoms with E-state index in [1.807, 2.05) is 49.4 Å². The summed E-state index contributed by atoms with van der Waals surface area (Å²) in [4.78, 5) is 12.6. The first-order chi connectivity index (χ1) is 16.1. The van der Waals surface area contributed by atoms with Gasteiger partial charge in [-0.15, -0.1) is 0 Å². The highest BCUT2D eigenvalue weighted by molar-refractivity contribution is 5.91. The number of anilines is 1. The largest absolute Gasteiger partial charge is 0.441 e. The van der Waals surface area contributed by atoms with Crippen LogP contribution in [0.1, 0.15) is 41.8 Å². The summed E-state index contributed by atoms with van der Waals surface area (Å²) in [5, 5.41) is 6.87. The Kier molecular flexibility index (Phi) is 5.69. The molecule has 0 spiro atoms. The third-order valence-electron chi connectivity index (χ3n) is 6.22. The second kappa shape index (κ2) is 8.94. The Morgan fingerprint density at radius 2 is 1.64 bits per heavy atom. The molecule has 0 saturated heterocycles. The summed E-state index contributed by atoms with van der Waals surface area (Å²) in [6.07, 6.45) is 2.66. The maximum absolute atomic E-state index is 12.6. The van der Waals surface area contributed by atoms with E-state index in [4.69, 9.17) is 9.26 Å². The topological polar surface area (TPSA) is 64.4 Å². The zero-order valence-corrected chi connectivity index (χ0v) is 18.8. The molecule has 1 unspecified atom stereocenters. The van der Waals surface area contributed by atoms with Gasteiger partial charge in [0.25, 0.3) is 0 Å². The van der Waals surface area contributed by atoms with Gasteiger partial charge in [0.1, 0.15) is 17.5 Å². The van der Waals surface area contributed by atoms with E-state index < -0.39 is 6.09 Å². The highest BCUT2D eigenvalue weighted by Crippen LogP contribution is 2.34. The maximum atomic E-state index is 12.6. The lowest BCUT2D eigenvalue weighted by molar-refractivity contribution is 0.121. The standard InChI is InChI=1S/C28H26N2O3/c1-18-26(29-28(31)32-19(2)20-7-4-3-5-8-20)27(33-30-18)23-14-11-22(12-15-23)25-16-13-21-9-6-10-24(21)17-25/h3-5,7-8,11-17,19H,6,9-10H2,1-2H3,(H,29,31). The second-order valence-electron chi connectivity index (χ2n) is 8.47. The third-order valence-corrected chi connectivity index (χ3v) is 6.22. The van der Waals surface area contributed by atoms with E-state index in [1.54, 1.807) is 6.92 Å². The molecule has 0 radical (unpaired) electrons. The third kappa shape index (κ3) is 4.40. The number of nitrogens with zero attached hydrogens (tertiary/aromatic N) is 1. The van der Waals surface area contributed by atoms with Crippen LogP contribution >= 0.6 is 0 Å². The number of amides is 1. The van der Waals surface area contributed by atoms with Crippen LogP contribution in [0, 0.1) is 6.92 Å². The normalized spacial score (nSPS) is 13.4. The van der Waals surface area contributed by atoms with Crippen molar-refractivity contribution in [3.8, 4) is 22.5 Å². The van der Waals surface area contributed by atoms with Crippen LogP contribution in [0.4, 0.5) is 10.5 Å². The molecule has 5 heteroatoms. The number of carbonyl (C=O) groups excluding carboxylic acids is 1. The average molecular weight is 439 g/mol. The van der Waals surface area contributed by atoms with Crippen LogP contribution in [-0.4, -0.2) is 11.2 Å². The summed E-state index contributed by atoms with van der Waals surface area (Å²) in [7, 11) is 0. The molecular formula is C28H26N2O3. The minimum absolute atomic E-state index is 0.374. The van der Waals surface area contributed by atoms with Gasteiger partial charge < -0.3 is 9.26 Å². The minimum atomic E-state index is -0.548. The SMILES string of the molecule is Cc1noc(-c2ccc(-c3ccc4c(c3)CCC4)cc2)c1NC(=O)OC(C)c1ccccc1. The summed E-state index contributed by atoms with van der Waals surface area (Å²) in [6, 6.07) is 24.5. The molecule has 0 bridgehead atoms. The number of rotatable bonds is 5. The molecule has 1 amide bonds. The average Bonchev–Trinajstić information content (AvgIpc) is 3.46. The first-order valence-electron chi connectivity index (χ1n) is 11.3. The lowest BCUT2D eigenvalue weighted by atomic mass is 9.99. The monoisotopic (exact) mass is 438 g/mol. The number of ether oxygens (including phenoxy) is 1. The fourth-order valence-electron chi connectivity index (χ4n) is 4.36. The molecule has 33 heavy (non-hydrogen) atoms. The van der Waals surface area contributed by atoms with Gasteiger partial charge in [-0.05, 0) is 60.9 Å². The van der Waals surface area contributed by atoms with E-state index >= 15 is 0 Å². The number of aromatic nitrogens is 1. The van der Waals surface area contributed by atoms with Crippen LogP contribution in [0.5, 0.6) is 0 Å². The van der Waals surface area contributed by atoms with Crippen LogP contribution in [0.15, 0.2) is 77.3 Å². The van der Waals surface area contributed by atoms with Crippen LogP contribution in [0.25, 0.3) is 22.5 Å². The predicted octanol–water partition coefficient (Wildman–Crippen LogP) is 7.12. The van der Waals surface area contributed by atoms with Gasteiger partial charge in [-0.2, -0.15) is 0 Å². The molecule has 1 aromatic heterocycles. The Balaban J connectivity index is 1.33. The van der Waals surface area contributed by atoms with Crippen molar-refractivity contribution < 1.29 is 14.1 Å². The molecule has 166 valence electrons. The van der Waals surface area contributed by atoms with Crippen molar-refractivity contribution in [2.75, 3.05) is 5.32 Å². The summed E-state index contributed by atoms with van der Waals surface area (Å²) >= 11 is 0. The predicted molar refractivity (Wildman–Crippen MR) is 129 cm³/mol. The van der Waals surface area contributed by atoms with E-state index in [0.29, 0.717) is 17.1 Å². The Morgan fingerprint density at radius 1 is 0.939 bits per heavy atom. The summed E-state index contributed by atoms with van der Waals surface area (Å²) in [6.45, 7) is 3.64. The quantitative estimate of drug-likeness (QED) is 0.360. The number of aryl methyl sites for hydroxylation is 3. The van der Waals surface area contributed by atoms with Crippen LogP contribution in [-0.2, 0) is 17.6 Å². The highest BCUT2D eigenvalue weighted by atomic mass is 16.6. The van der Waals surface area contributed by atoms with E-state index in [2.05, 4.69) is 40.8 Å². The van der Waals surface area contributed by atoms with Crippen molar-refractivity contribution in [2.24, 2.45) is 0 Å². The molecule has 0 aliphatic heterocycles. The van der Waals surface area contributed by atoms with Gasteiger partial charge in [-0.3, -0.25) is 5.32 Å². The van der Waals surface area contributed by atoms with Crippen LogP contribution < -0.4 is 5.32 Å². The maximum Gasteiger partial charge on any atom is 0.412 e. The van der Waals surface area contributed by atoms with Gasteiger partial charge in [-0.25, -0.2) is 4.79 Å². The smallest absolute Gasteiger partial charge is 0.412 e. The molecule has 0 saturated carbocycles. The molecule has 1 aliphatic rings. The van der Waals surface area contributed by atoms with Crippen molar-refractivity contribution >= 4 is 11.8 Å². The molecule has 5 rings (SSSR count). The summed E-state index contributed by atoms with van der Waals surface area (Å²) < 4.78 is 11.1. The van der Waals surface area contributed by atoms with Crippen LogP contribution in [0.2, 0.25) is 0 Å². The van der Waals surface area contributed by atoms with Crippen molar-refractivity contribution in [1.29, 1.82) is 0 Å². The Bertz CT molecular complexity index is 1280. The van der Waals surface area contributed by atoms with Crippen molar-refractivity contribution in [1.82, 2.24) is 5.16 Å². The zero-order valence-electron chi connectivity index (χ0n) is 18.8. The molecule has 1 atom stereocenters. The molecule has 1 N–H and O–H groups in total. The van der Waals surface area contributed by atoms with Gasteiger partial charge >= 0.3 is 6.09 Å². The van der Waals surface area contributed by atoms with E-state index in [9.17, 15) is 4.79 Å². The first-order valence-corrected chi connectivity index (χ1v) is 11.3. The lowest BCUT2D eigenvalue weighted by Gasteiger charge is -2.14. The van der Waals surface area contributed by atoms with Gasteiger partial charge in [0, 0.05) is 5.56 Å². The number of benzene rings is 3.